The summed E-state index contributed by atoms with van der Waals surface area (Å²) in [5.41, 5.74) is 3.65. The van der Waals surface area contributed by atoms with Crippen molar-refractivity contribution in [3.8, 4) is 23.7 Å². The van der Waals surface area contributed by atoms with Crippen LogP contribution in [0.1, 0.15) is 24.5 Å². The van der Waals surface area contributed by atoms with Crippen molar-refractivity contribution in [1.29, 1.82) is 0 Å². The predicted octanol–water partition coefficient (Wildman–Crippen LogP) is 2.68. The molecule has 0 spiro atoms. The second-order valence-corrected chi connectivity index (χ2v) is 7.11. The number of imidazole rings is 2. The van der Waals surface area contributed by atoms with Gasteiger partial charge in [-0.3, -0.25) is 18.4 Å². The molecule has 148 valence electrons. The van der Waals surface area contributed by atoms with E-state index in [-0.39, 0.29) is 5.56 Å². The fourth-order valence-corrected chi connectivity index (χ4v) is 3.60. The normalized spacial score (nSPS) is 11.3. The first-order valence-electron chi connectivity index (χ1n) is 9.72. The number of hydrogen-bond donors (Lipinski definition) is 1. The highest BCUT2D eigenvalue weighted by molar-refractivity contribution is 5.77. The van der Waals surface area contributed by atoms with Crippen LogP contribution in [0.15, 0.2) is 53.8 Å². The van der Waals surface area contributed by atoms with Crippen molar-refractivity contribution in [2.24, 2.45) is 0 Å². The van der Waals surface area contributed by atoms with Crippen molar-refractivity contribution in [3.05, 3.63) is 70.5 Å². The summed E-state index contributed by atoms with van der Waals surface area (Å²) in [7, 11) is 0. The molecule has 0 atom stereocenters. The Morgan fingerprint density at radius 1 is 1.23 bits per heavy atom. The molecule has 0 radical (unpaired) electrons. The van der Waals surface area contributed by atoms with E-state index in [1.54, 1.807) is 17.0 Å². The van der Waals surface area contributed by atoms with E-state index in [9.17, 15) is 4.79 Å². The molecule has 0 aliphatic rings. The van der Waals surface area contributed by atoms with Crippen LogP contribution in [0.3, 0.4) is 0 Å². The number of fused-ring (bicyclic) bond motifs is 3. The number of nitrogens with zero attached hydrogens (tertiary/aromatic N) is 6. The van der Waals surface area contributed by atoms with Crippen molar-refractivity contribution in [2.45, 2.75) is 26.4 Å². The average molecular weight is 397 g/mol. The highest BCUT2D eigenvalue weighted by atomic mass is 16.1. The van der Waals surface area contributed by atoms with Gasteiger partial charge in [0.1, 0.15) is 5.82 Å². The van der Waals surface area contributed by atoms with Crippen LogP contribution < -0.4 is 5.56 Å². The van der Waals surface area contributed by atoms with Crippen molar-refractivity contribution in [2.75, 3.05) is 0 Å². The molecular formula is C22H19N7O. The number of aromatic nitrogens is 7. The Bertz CT molecular complexity index is 1460. The molecule has 0 saturated heterocycles. The minimum absolute atomic E-state index is 0.120. The van der Waals surface area contributed by atoms with Gasteiger partial charge in [0, 0.05) is 30.7 Å². The minimum Gasteiger partial charge on any atom is -0.332 e. The third kappa shape index (κ3) is 2.88. The largest absolute Gasteiger partial charge is 0.332 e. The monoisotopic (exact) mass is 397 g/mol. The molecule has 0 saturated carbocycles. The van der Waals surface area contributed by atoms with Crippen LogP contribution in [-0.4, -0.2) is 33.7 Å². The smallest absolute Gasteiger partial charge is 0.280 e. The number of H-pyrrole nitrogens is 1. The van der Waals surface area contributed by atoms with Gasteiger partial charge < -0.3 is 4.98 Å². The summed E-state index contributed by atoms with van der Waals surface area (Å²) in [6.07, 6.45) is 13.4. The topological polar surface area (TPSA) is 85.8 Å². The molecule has 0 aliphatic heterocycles. The molecule has 30 heavy (non-hydrogen) atoms. The molecule has 0 bridgehead atoms. The van der Waals surface area contributed by atoms with Gasteiger partial charge in [-0.2, -0.15) is 5.10 Å². The fraction of sp³-hybridized carbons (Fsp3) is 0.182. The van der Waals surface area contributed by atoms with Gasteiger partial charge in [0.05, 0.1) is 18.3 Å². The van der Waals surface area contributed by atoms with E-state index in [1.807, 2.05) is 52.7 Å². The molecule has 5 aromatic rings. The van der Waals surface area contributed by atoms with E-state index in [0.29, 0.717) is 35.9 Å². The van der Waals surface area contributed by atoms with Gasteiger partial charge in [-0.1, -0.05) is 25.0 Å². The van der Waals surface area contributed by atoms with Crippen molar-refractivity contribution in [3.63, 3.8) is 0 Å². The molecule has 8 heteroatoms. The molecule has 1 N–H and O–H groups in total. The predicted molar refractivity (Wildman–Crippen MR) is 114 cm³/mol. The quantitative estimate of drug-likeness (QED) is 0.462. The summed E-state index contributed by atoms with van der Waals surface area (Å²) in [6.45, 7) is 3.24. The molecule has 4 aromatic heterocycles. The Labute approximate surface area is 171 Å². The Hall–Kier alpha value is -4.12. The van der Waals surface area contributed by atoms with Gasteiger partial charge in [0.15, 0.2) is 11.2 Å². The summed E-state index contributed by atoms with van der Waals surface area (Å²) in [4.78, 5) is 25.2. The number of terminal acetylenes is 1. The Morgan fingerprint density at radius 2 is 2.07 bits per heavy atom. The number of aromatic amines is 1. The van der Waals surface area contributed by atoms with Gasteiger partial charge in [-0.05, 0) is 24.1 Å². The van der Waals surface area contributed by atoms with Crippen LogP contribution >= 0.6 is 0 Å². The van der Waals surface area contributed by atoms with E-state index in [0.717, 1.165) is 23.1 Å². The molecule has 0 amide bonds. The lowest BCUT2D eigenvalue weighted by Gasteiger charge is -2.05. The second-order valence-electron chi connectivity index (χ2n) is 7.11. The summed E-state index contributed by atoms with van der Waals surface area (Å²) >= 11 is 0. The lowest BCUT2D eigenvalue weighted by atomic mass is 10.1. The number of nitrogens with one attached hydrogen (secondary N) is 1. The molecule has 0 unspecified atom stereocenters. The third-order valence-corrected chi connectivity index (χ3v) is 5.05. The van der Waals surface area contributed by atoms with Crippen molar-refractivity contribution >= 4 is 16.9 Å². The Morgan fingerprint density at radius 3 is 2.83 bits per heavy atom. The average Bonchev–Trinajstić information content (AvgIpc) is 3.50. The van der Waals surface area contributed by atoms with E-state index in [4.69, 9.17) is 6.42 Å². The molecule has 1 aromatic carbocycles. The zero-order chi connectivity index (χ0) is 20.7. The van der Waals surface area contributed by atoms with Gasteiger partial charge in [0.2, 0.25) is 5.78 Å². The van der Waals surface area contributed by atoms with Crippen LogP contribution in [0.25, 0.3) is 28.3 Å². The Balaban J connectivity index is 1.53. The van der Waals surface area contributed by atoms with Gasteiger partial charge >= 0.3 is 0 Å². The first-order chi connectivity index (χ1) is 14.7. The molecule has 0 aliphatic carbocycles. The van der Waals surface area contributed by atoms with Gasteiger partial charge in [-0.25, -0.2) is 9.97 Å². The van der Waals surface area contributed by atoms with Crippen molar-refractivity contribution in [1.82, 2.24) is 33.7 Å². The maximum absolute atomic E-state index is 13.0. The zero-order valence-electron chi connectivity index (χ0n) is 16.4. The van der Waals surface area contributed by atoms with Gasteiger partial charge in [-0.15, -0.1) is 6.42 Å². The maximum atomic E-state index is 13.0. The van der Waals surface area contributed by atoms with Gasteiger partial charge in [0.25, 0.3) is 5.56 Å². The second kappa shape index (κ2) is 7.04. The lowest BCUT2D eigenvalue weighted by Crippen LogP contribution is -2.23. The first-order valence-corrected chi connectivity index (χ1v) is 9.72. The minimum atomic E-state index is -0.120. The van der Waals surface area contributed by atoms with E-state index >= 15 is 0 Å². The number of hydrogen-bond acceptors (Lipinski definition) is 4. The zero-order valence-corrected chi connectivity index (χ0v) is 16.4. The lowest BCUT2D eigenvalue weighted by molar-refractivity contribution is 0.663. The fourth-order valence-electron chi connectivity index (χ4n) is 3.60. The summed E-state index contributed by atoms with van der Waals surface area (Å²) in [5, 5.41) is 4.44. The van der Waals surface area contributed by atoms with Crippen LogP contribution in [0.4, 0.5) is 0 Å². The summed E-state index contributed by atoms with van der Waals surface area (Å²) in [6, 6.07) is 7.81. The number of aryl methyl sites for hydroxylation is 1. The van der Waals surface area contributed by atoms with Crippen LogP contribution in [0, 0.1) is 12.3 Å². The molecule has 4 heterocycles. The van der Waals surface area contributed by atoms with Crippen LogP contribution in [0.5, 0.6) is 0 Å². The standard InChI is InChI=1S/C22H19N7O/c1-3-10-29-21(30)18-20(28-11-9-23-22(28)29)26-19(25-18)17-12-24-27(14-17)13-16-7-5-15(4-2)6-8-16/h2,5-9,11-12,14H,3,10,13H2,1H3,(H,25,26). The van der Waals surface area contributed by atoms with E-state index in [1.165, 1.54) is 0 Å². The SMILES string of the molecule is C#Cc1ccc(Cn2cc(-c3nc4c([nH]3)c(=O)n(CCC)c3nccn43)cn2)cc1. The highest BCUT2D eigenvalue weighted by Crippen LogP contribution is 2.20. The van der Waals surface area contributed by atoms with E-state index < -0.39 is 0 Å². The molecule has 0 fully saturated rings. The van der Waals surface area contributed by atoms with Crippen LogP contribution in [-0.2, 0) is 13.1 Å². The third-order valence-electron chi connectivity index (χ3n) is 5.05. The first kappa shape index (κ1) is 17.9. The number of benzene rings is 1. The van der Waals surface area contributed by atoms with Crippen LogP contribution in [0.2, 0.25) is 0 Å². The molecule has 8 nitrogen and oxygen atoms in total. The highest BCUT2D eigenvalue weighted by Gasteiger charge is 2.17. The van der Waals surface area contributed by atoms with Crippen molar-refractivity contribution < 1.29 is 0 Å². The Kier molecular flexibility index (Phi) is 4.21. The van der Waals surface area contributed by atoms with E-state index in [2.05, 4.69) is 26.0 Å². The molecule has 5 rings (SSSR count). The summed E-state index contributed by atoms with van der Waals surface area (Å²) < 4.78 is 5.34. The summed E-state index contributed by atoms with van der Waals surface area (Å²) in [5.74, 6) is 3.81. The molecular weight excluding hydrogens is 378 g/mol. The number of rotatable bonds is 5. The maximum Gasteiger partial charge on any atom is 0.280 e.